The van der Waals surface area contributed by atoms with Crippen molar-refractivity contribution in [3.63, 3.8) is 0 Å². The van der Waals surface area contributed by atoms with Crippen LogP contribution in [0.5, 0.6) is 0 Å². The summed E-state index contributed by atoms with van der Waals surface area (Å²) in [6.45, 7) is 1.63. The number of rotatable bonds is 4. The van der Waals surface area contributed by atoms with E-state index >= 15 is 0 Å². The van der Waals surface area contributed by atoms with Crippen LogP contribution >= 0.6 is 0 Å². The van der Waals surface area contributed by atoms with Crippen molar-refractivity contribution in [2.45, 2.75) is 19.1 Å². The Labute approximate surface area is 114 Å². The highest BCUT2D eigenvalue weighted by Crippen LogP contribution is 2.17. The van der Waals surface area contributed by atoms with Gasteiger partial charge in [0, 0.05) is 0 Å². The molecule has 6 nitrogen and oxygen atoms in total. The highest BCUT2D eigenvalue weighted by molar-refractivity contribution is 5.87. The predicted molar refractivity (Wildman–Crippen MR) is 69.5 cm³/mol. The Kier molecular flexibility index (Phi) is 4.31. The highest BCUT2D eigenvalue weighted by Gasteiger charge is 2.19. The number of oxazole rings is 1. The van der Waals surface area contributed by atoms with Crippen LogP contribution in [0.3, 0.4) is 0 Å². The Morgan fingerprint density at radius 2 is 2.10 bits per heavy atom. The first-order valence-corrected chi connectivity index (χ1v) is 5.97. The maximum absolute atomic E-state index is 12.8. The number of benzene rings is 1. The Balaban J connectivity index is 1.91. The minimum Gasteiger partial charge on any atom is -0.432 e. The normalized spacial score (nSPS) is 13.6. The average Bonchev–Trinajstić information content (AvgIpc) is 2.91. The van der Waals surface area contributed by atoms with Crippen molar-refractivity contribution < 1.29 is 18.7 Å². The second-order valence-electron chi connectivity index (χ2n) is 4.22. The van der Waals surface area contributed by atoms with E-state index in [0.717, 1.165) is 0 Å². The second kappa shape index (κ2) is 6.16. The van der Waals surface area contributed by atoms with Gasteiger partial charge in [-0.25, -0.2) is 14.2 Å². The number of aliphatic hydroxyl groups excluding tert-OH is 1. The Morgan fingerprint density at radius 3 is 2.70 bits per heavy atom. The van der Waals surface area contributed by atoms with Gasteiger partial charge in [0.2, 0.25) is 0 Å². The molecule has 7 heteroatoms. The van der Waals surface area contributed by atoms with E-state index in [-0.39, 0.29) is 11.8 Å². The number of hydrogen-bond donors (Lipinski definition) is 3. The molecule has 2 rings (SSSR count). The summed E-state index contributed by atoms with van der Waals surface area (Å²) >= 11 is 0. The molecule has 1 aromatic heterocycles. The molecule has 0 bridgehead atoms. The first-order valence-electron chi connectivity index (χ1n) is 5.97. The molecule has 0 unspecified atom stereocenters. The SMILES string of the molecule is C[C@@H](NC(=O)Nc1ncco1)[C@@H](O)c1ccc(F)cc1. The first-order chi connectivity index (χ1) is 9.56. The van der Waals surface area contributed by atoms with Crippen molar-refractivity contribution in [1.82, 2.24) is 10.3 Å². The van der Waals surface area contributed by atoms with E-state index in [2.05, 4.69) is 15.6 Å². The van der Waals surface area contributed by atoms with Crippen LogP contribution in [0.2, 0.25) is 0 Å². The largest absolute Gasteiger partial charge is 0.432 e. The molecule has 0 aliphatic heterocycles. The summed E-state index contributed by atoms with van der Waals surface area (Å²) < 4.78 is 17.7. The number of nitrogens with zero attached hydrogens (tertiary/aromatic N) is 1. The lowest BCUT2D eigenvalue weighted by Crippen LogP contribution is -2.39. The molecular weight excluding hydrogens is 265 g/mol. The van der Waals surface area contributed by atoms with Crippen molar-refractivity contribution in [1.29, 1.82) is 0 Å². The van der Waals surface area contributed by atoms with E-state index in [1.807, 2.05) is 0 Å². The lowest BCUT2D eigenvalue weighted by atomic mass is 10.0. The zero-order chi connectivity index (χ0) is 14.5. The van der Waals surface area contributed by atoms with Gasteiger partial charge in [0.15, 0.2) is 0 Å². The van der Waals surface area contributed by atoms with Crippen LogP contribution in [0, 0.1) is 5.82 Å². The Hall–Kier alpha value is -2.41. The van der Waals surface area contributed by atoms with E-state index in [0.29, 0.717) is 5.56 Å². The maximum atomic E-state index is 12.8. The zero-order valence-corrected chi connectivity index (χ0v) is 10.7. The molecule has 1 aromatic carbocycles. The van der Waals surface area contributed by atoms with Gasteiger partial charge in [-0.3, -0.25) is 5.32 Å². The monoisotopic (exact) mass is 279 g/mol. The number of urea groups is 1. The first kappa shape index (κ1) is 14.0. The van der Waals surface area contributed by atoms with E-state index in [1.54, 1.807) is 6.92 Å². The molecule has 0 fully saturated rings. The number of carbonyl (C=O) groups excluding carboxylic acids is 1. The number of hydrogen-bond acceptors (Lipinski definition) is 4. The number of aromatic nitrogens is 1. The Bertz CT molecular complexity index is 557. The fourth-order valence-electron chi connectivity index (χ4n) is 1.65. The summed E-state index contributed by atoms with van der Waals surface area (Å²) in [4.78, 5) is 15.4. The quantitative estimate of drug-likeness (QED) is 0.799. The summed E-state index contributed by atoms with van der Waals surface area (Å²) in [7, 11) is 0. The van der Waals surface area contributed by atoms with E-state index in [4.69, 9.17) is 4.42 Å². The van der Waals surface area contributed by atoms with Crippen molar-refractivity contribution in [3.8, 4) is 0 Å². The number of carbonyl (C=O) groups is 1. The molecule has 106 valence electrons. The van der Waals surface area contributed by atoms with Gasteiger partial charge in [-0.2, -0.15) is 0 Å². The summed E-state index contributed by atoms with van der Waals surface area (Å²) in [5.41, 5.74) is 0.510. The van der Waals surface area contributed by atoms with Gasteiger partial charge in [0.25, 0.3) is 0 Å². The molecule has 0 saturated carbocycles. The molecule has 0 aliphatic carbocycles. The van der Waals surface area contributed by atoms with Crippen molar-refractivity contribution in [2.24, 2.45) is 0 Å². The molecule has 1 heterocycles. The van der Waals surface area contributed by atoms with Crippen LogP contribution in [0.4, 0.5) is 15.2 Å². The predicted octanol–water partition coefficient (Wildman–Crippen LogP) is 2.06. The average molecular weight is 279 g/mol. The standard InChI is InChI=1S/C13H14FN3O3/c1-8(11(18)9-2-4-10(14)5-3-9)16-12(19)17-13-15-6-7-20-13/h2-8,11,18H,1H3,(H2,15,16,17,19)/t8-,11-/m1/s1. The molecule has 2 aromatic rings. The summed E-state index contributed by atoms with van der Waals surface area (Å²) in [6, 6.07) is 4.35. The lowest BCUT2D eigenvalue weighted by Gasteiger charge is -2.20. The van der Waals surface area contributed by atoms with E-state index < -0.39 is 18.2 Å². The van der Waals surface area contributed by atoms with Gasteiger partial charge in [-0.15, -0.1) is 0 Å². The third-order valence-corrected chi connectivity index (χ3v) is 2.70. The van der Waals surface area contributed by atoms with Crippen molar-refractivity contribution in [3.05, 3.63) is 48.1 Å². The fraction of sp³-hybridized carbons (Fsp3) is 0.231. The van der Waals surface area contributed by atoms with Crippen molar-refractivity contribution in [2.75, 3.05) is 5.32 Å². The molecule has 2 amide bonds. The molecule has 0 aliphatic rings. The number of nitrogens with one attached hydrogen (secondary N) is 2. The number of anilines is 1. The maximum Gasteiger partial charge on any atom is 0.323 e. The van der Waals surface area contributed by atoms with Gasteiger partial charge in [-0.1, -0.05) is 12.1 Å². The van der Waals surface area contributed by atoms with Gasteiger partial charge in [-0.05, 0) is 24.6 Å². The molecule has 3 N–H and O–H groups in total. The minimum absolute atomic E-state index is 0.0611. The third-order valence-electron chi connectivity index (χ3n) is 2.70. The topological polar surface area (TPSA) is 87.4 Å². The second-order valence-corrected chi connectivity index (χ2v) is 4.22. The van der Waals surface area contributed by atoms with Crippen LogP contribution in [0.15, 0.2) is 41.1 Å². The van der Waals surface area contributed by atoms with Crippen LogP contribution in [0.25, 0.3) is 0 Å². The third kappa shape index (κ3) is 3.55. The van der Waals surface area contributed by atoms with Crippen LogP contribution in [-0.4, -0.2) is 22.2 Å². The minimum atomic E-state index is -0.953. The molecule has 20 heavy (non-hydrogen) atoms. The summed E-state index contributed by atoms with van der Waals surface area (Å²) in [5, 5.41) is 15.0. The molecular formula is C13H14FN3O3. The lowest BCUT2D eigenvalue weighted by molar-refractivity contribution is 0.139. The molecule has 0 saturated heterocycles. The van der Waals surface area contributed by atoms with Gasteiger partial charge in [0.1, 0.15) is 12.1 Å². The van der Waals surface area contributed by atoms with Crippen LogP contribution < -0.4 is 10.6 Å². The van der Waals surface area contributed by atoms with E-state index in [1.165, 1.54) is 36.7 Å². The molecule has 0 spiro atoms. The number of halogens is 1. The number of aliphatic hydroxyl groups is 1. The smallest absolute Gasteiger partial charge is 0.323 e. The van der Waals surface area contributed by atoms with E-state index in [9.17, 15) is 14.3 Å². The van der Waals surface area contributed by atoms with Gasteiger partial charge >= 0.3 is 12.0 Å². The Morgan fingerprint density at radius 1 is 1.40 bits per heavy atom. The number of amides is 2. The highest BCUT2D eigenvalue weighted by atomic mass is 19.1. The van der Waals surface area contributed by atoms with Crippen LogP contribution in [-0.2, 0) is 0 Å². The summed E-state index contributed by atoms with van der Waals surface area (Å²) in [5.74, 6) is -0.386. The molecule has 2 atom stereocenters. The van der Waals surface area contributed by atoms with Crippen molar-refractivity contribution >= 4 is 12.0 Å². The zero-order valence-electron chi connectivity index (χ0n) is 10.7. The van der Waals surface area contributed by atoms with Gasteiger partial charge < -0.3 is 14.8 Å². The fourth-order valence-corrected chi connectivity index (χ4v) is 1.65. The van der Waals surface area contributed by atoms with Crippen LogP contribution in [0.1, 0.15) is 18.6 Å². The molecule has 0 radical (unpaired) electrons. The van der Waals surface area contributed by atoms with Gasteiger partial charge in [0.05, 0.1) is 18.3 Å². The summed E-state index contributed by atoms with van der Waals surface area (Å²) in [6.07, 6.45) is 1.77.